The van der Waals surface area contributed by atoms with Crippen LogP contribution in [0.5, 0.6) is 0 Å². The number of alkyl halides is 1. The summed E-state index contributed by atoms with van der Waals surface area (Å²) in [7, 11) is 0. The molecule has 3 heteroatoms. The monoisotopic (exact) mass is 282 g/mol. The predicted octanol–water partition coefficient (Wildman–Crippen LogP) is 4.66. The van der Waals surface area contributed by atoms with Gasteiger partial charge >= 0.3 is 0 Å². The normalized spacial score (nSPS) is 12.8. The van der Waals surface area contributed by atoms with Crippen molar-refractivity contribution in [3.05, 3.63) is 0 Å². The van der Waals surface area contributed by atoms with Crippen molar-refractivity contribution < 1.29 is 4.79 Å². The molecule has 0 fully saturated rings. The van der Waals surface area contributed by atoms with Crippen molar-refractivity contribution in [1.82, 2.24) is 0 Å². The number of unbranched alkanes of at least 4 members (excludes halogenated alkanes) is 6. The van der Waals surface area contributed by atoms with Crippen LogP contribution in [0.15, 0.2) is 0 Å². The van der Waals surface area contributed by atoms with Crippen LogP contribution in [0, 0.1) is 0 Å². The molecule has 0 rings (SSSR count). The Morgan fingerprint density at radius 3 is 2.14 bits per heavy atom. The second-order valence-electron chi connectivity index (χ2n) is 3.68. The highest BCUT2D eigenvalue weighted by Crippen LogP contribution is 2.15. The van der Waals surface area contributed by atoms with Gasteiger partial charge in [0.1, 0.15) is 0 Å². The van der Waals surface area contributed by atoms with E-state index in [1.165, 1.54) is 38.5 Å². The van der Waals surface area contributed by atoms with E-state index in [9.17, 15) is 4.79 Å². The van der Waals surface area contributed by atoms with Crippen molar-refractivity contribution in [2.24, 2.45) is 0 Å². The van der Waals surface area contributed by atoms with Crippen LogP contribution >= 0.6 is 27.5 Å². The summed E-state index contributed by atoms with van der Waals surface area (Å²) in [5, 5.41) is -0.268. The molecule has 0 aromatic rings. The van der Waals surface area contributed by atoms with Gasteiger partial charge in [-0.05, 0) is 18.0 Å². The topological polar surface area (TPSA) is 17.1 Å². The summed E-state index contributed by atoms with van der Waals surface area (Å²) in [4.78, 5) is 10.5. The Kier molecular flexibility index (Phi) is 10.3. The van der Waals surface area contributed by atoms with Gasteiger partial charge in [0, 0.05) is 0 Å². The molecule has 0 spiro atoms. The molecule has 1 nitrogen and oxygen atoms in total. The van der Waals surface area contributed by atoms with Gasteiger partial charge in [-0.15, -0.1) is 0 Å². The average molecular weight is 284 g/mol. The quantitative estimate of drug-likeness (QED) is 0.342. The van der Waals surface area contributed by atoms with Gasteiger partial charge in [0.2, 0.25) is 5.24 Å². The minimum atomic E-state index is -0.268. The Balaban J connectivity index is 3.09. The van der Waals surface area contributed by atoms with Gasteiger partial charge in [-0.1, -0.05) is 67.8 Å². The van der Waals surface area contributed by atoms with Gasteiger partial charge in [0.05, 0.1) is 4.83 Å². The van der Waals surface area contributed by atoms with Crippen molar-refractivity contribution in [3.8, 4) is 0 Å². The Hall–Kier alpha value is 0.440. The molecule has 0 amide bonds. The molecule has 0 saturated heterocycles. The fraction of sp³-hybridized carbons (Fsp3) is 0.909. The van der Waals surface area contributed by atoms with Gasteiger partial charge in [0.15, 0.2) is 0 Å². The molecule has 0 N–H and O–H groups in total. The Labute approximate surface area is 101 Å². The van der Waals surface area contributed by atoms with Crippen LogP contribution in [0.2, 0.25) is 0 Å². The minimum Gasteiger partial charge on any atom is -0.280 e. The van der Waals surface area contributed by atoms with Crippen LogP contribution in [-0.2, 0) is 4.79 Å². The SMILES string of the molecule is CCCCCCCCCC(Br)C(=O)Cl. The Morgan fingerprint density at radius 1 is 1.14 bits per heavy atom. The second kappa shape index (κ2) is 9.97. The van der Waals surface area contributed by atoms with E-state index in [0.29, 0.717) is 0 Å². The number of carbonyl (C=O) groups is 1. The largest absolute Gasteiger partial charge is 0.280 e. The summed E-state index contributed by atoms with van der Waals surface area (Å²) in [6, 6.07) is 0. The van der Waals surface area contributed by atoms with E-state index in [0.717, 1.165) is 12.8 Å². The molecule has 0 aromatic carbocycles. The average Bonchev–Trinajstić information content (AvgIpc) is 2.16. The van der Waals surface area contributed by atoms with Gasteiger partial charge in [-0.25, -0.2) is 0 Å². The van der Waals surface area contributed by atoms with Crippen molar-refractivity contribution in [3.63, 3.8) is 0 Å². The predicted molar refractivity (Wildman–Crippen MR) is 66.2 cm³/mol. The fourth-order valence-corrected chi connectivity index (χ4v) is 1.83. The van der Waals surface area contributed by atoms with Crippen LogP contribution in [0.3, 0.4) is 0 Å². The van der Waals surface area contributed by atoms with Crippen LogP contribution in [-0.4, -0.2) is 10.1 Å². The van der Waals surface area contributed by atoms with Crippen LogP contribution in [0.1, 0.15) is 58.3 Å². The standard InChI is InChI=1S/C11H20BrClO/c1-2-3-4-5-6-7-8-9-10(12)11(13)14/h10H,2-9H2,1H3. The van der Waals surface area contributed by atoms with Gasteiger partial charge < -0.3 is 0 Å². The molecular formula is C11H20BrClO. The third-order valence-corrected chi connectivity index (χ3v) is 3.71. The Bertz CT molecular complexity index is 150. The van der Waals surface area contributed by atoms with Gasteiger partial charge in [0.25, 0.3) is 0 Å². The molecule has 0 aliphatic heterocycles. The number of halogens is 2. The van der Waals surface area contributed by atoms with Crippen molar-refractivity contribution in [2.75, 3.05) is 0 Å². The highest BCUT2D eigenvalue weighted by Gasteiger charge is 2.10. The zero-order chi connectivity index (χ0) is 10.8. The first-order valence-electron chi connectivity index (χ1n) is 5.52. The van der Waals surface area contributed by atoms with E-state index < -0.39 is 0 Å². The molecule has 0 radical (unpaired) electrons. The van der Waals surface area contributed by atoms with Crippen molar-refractivity contribution in [1.29, 1.82) is 0 Å². The van der Waals surface area contributed by atoms with E-state index in [1.54, 1.807) is 0 Å². The Morgan fingerprint density at radius 2 is 1.64 bits per heavy atom. The summed E-state index contributed by atoms with van der Waals surface area (Å²) >= 11 is 8.58. The van der Waals surface area contributed by atoms with E-state index >= 15 is 0 Å². The molecule has 0 aliphatic rings. The molecule has 1 atom stereocenters. The molecule has 0 heterocycles. The summed E-state index contributed by atoms with van der Waals surface area (Å²) in [5.41, 5.74) is 0. The molecule has 14 heavy (non-hydrogen) atoms. The second-order valence-corrected chi connectivity index (χ2v) is 5.16. The maximum atomic E-state index is 10.7. The first-order chi connectivity index (χ1) is 6.68. The maximum absolute atomic E-state index is 10.7. The molecule has 1 unspecified atom stereocenters. The van der Waals surface area contributed by atoms with Crippen LogP contribution in [0.4, 0.5) is 0 Å². The molecule has 0 aromatic heterocycles. The number of rotatable bonds is 9. The molecule has 0 saturated carbocycles. The zero-order valence-corrected chi connectivity index (χ0v) is 11.2. The first-order valence-corrected chi connectivity index (χ1v) is 6.81. The lowest BCUT2D eigenvalue weighted by Gasteiger charge is -2.03. The smallest absolute Gasteiger partial charge is 0.235 e. The molecule has 84 valence electrons. The molecule has 0 bridgehead atoms. The summed E-state index contributed by atoms with van der Waals surface area (Å²) in [6.07, 6.45) is 9.80. The molecular weight excluding hydrogens is 263 g/mol. The zero-order valence-electron chi connectivity index (χ0n) is 8.90. The number of hydrogen-bond acceptors (Lipinski definition) is 1. The van der Waals surface area contributed by atoms with E-state index in [-0.39, 0.29) is 10.1 Å². The highest BCUT2D eigenvalue weighted by atomic mass is 79.9. The first kappa shape index (κ1) is 14.4. The lowest BCUT2D eigenvalue weighted by Crippen LogP contribution is -2.06. The van der Waals surface area contributed by atoms with Crippen LogP contribution in [0.25, 0.3) is 0 Å². The lowest BCUT2D eigenvalue weighted by molar-refractivity contribution is -0.111. The van der Waals surface area contributed by atoms with Crippen LogP contribution < -0.4 is 0 Å². The number of hydrogen-bond donors (Lipinski definition) is 0. The van der Waals surface area contributed by atoms with Gasteiger partial charge in [-0.3, -0.25) is 4.79 Å². The summed E-state index contributed by atoms with van der Waals surface area (Å²) in [6.45, 7) is 2.22. The van der Waals surface area contributed by atoms with Crippen molar-refractivity contribution >= 4 is 32.8 Å². The molecule has 0 aliphatic carbocycles. The van der Waals surface area contributed by atoms with E-state index in [1.807, 2.05) is 0 Å². The third kappa shape index (κ3) is 9.01. The number of carbonyl (C=O) groups excluding carboxylic acids is 1. The fourth-order valence-electron chi connectivity index (χ4n) is 1.39. The van der Waals surface area contributed by atoms with E-state index in [2.05, 4.69) is 22.9 Å². The maximum Gasteiger partial charge on any atom is 0.235 e. The third-order valence-electron chi connectivity index (χ3n) is 2.31. The highest BCUT2D eigenvalue weighted by molar-refractivity contribution is 9.10. The summed E-state index contributed by atoms with van der Waals surface area (Å²) in [5.74, 6) is 0. The van der Waals surface area contributed by atoms with Gasteiger partial charge in [-0.2, -0.15) is 0 Å². The van der Waals surface area contributed by atoms with E-state index in [4.69, 9.17) is 11.6 Å². The lowest BCUT2D eigenvalue weighted by atomic mass is 10.1. The summed E-state index contributed by atoms with van der Waals surface area (Å²) < 4.78 is 0. The van der Waals surface area contributed by atoms with Crippen molar-refractivity contribution in [2.45, 2.75) is 63.1 Å². The minimum absolute atomic E-state index is 0.139.